The first-order valence-electron chi connectivity index (χ1n) is 11.7. The number of benzene rings is 2. The fourth-order valence-corrected chi connectivity index (χ4v) is 3.22. The first kappa shape index (κ1) is 35.2. The number of nitrogens with two attached hydrogens (primary N) is 1. The summed E-state index contributed by atoms with van der Waals surface area (Å²) in [6.07, 6.45) is 0. The summed E-state index contributed by atoms with van der Waals surface area (Å²) in [4.78, 5) is 3.57. The molecule has 0 aliphatic carbocycles. The minimum absolute atomic E-state index is 0. The Morgan fingerprint density at radius 1 is 0.618 bits per heavy atom. The first-order chi connectivity index (χ1) is 14.3. The molecule has 0 saturated heterocycles. The van der Waals surface area contributed by atoms with Crippen LogP contribution in [0.25, 0.3) is 4.85 Å². The van der Waals surface area contributed by atoms with Crippen molar-refractivity contribution in [2.75, 3.05) is 0 Å². The van der Waals surface area contributed by atoms with Crippen molar-refractivity contribution in [1.82, 2.24) is 0 Å². The van der Waals surface area contributed by atoms with E-state index in [4.69, 9.17) is 12.3 Å². The molecular formula is C30H50AlLiN2. The van der Waals surface area contributed by atoms with Crippen LogP contribution in [0, 0.1) is 6.57 Å². The van der Waals surface area contributed by atoms with E-state index in [-0.39, 0.29) is 59.3 Å². The summed E-state index contributed by atoms with van der Waals surface area (Å²) in [5, 5.41) is 0. The van der Waals surface area contributed by atoms with E-state index in [0.717, 1.165) is 5.69 Å². The average Bonchev–Trinajstić information content (AvgIpc) is 2.65. The van der Waals surface area contributed by atoms with Crippen molar-refractivity contribution in [2.24, 2.45) is 5.73 Å². The van der Waals surface area contributed by atoms with Gasteiger partial charge in [-0.15, -0.1) is 0 Å². The minimum atomic E-state index is 0. The summed E-state index contributed by atoms with van der Waals surface area (Å²) in [5.41, 5.74) is 13.6. The van der Waals surface area contributed by atoms with Gasteiger partial charge in [-0.2, -0.15) is 0 Å². The van der Waals surface area contributed by atoms with Crippen molar-refractivity contribution >= 4 is 23.0 Å². The van der Waals surface area contributed by atoms with E-state index in [1.54, 1.807) is 0 Å². The fourth-order valence-electron chi connectivity index (χ4n) is 3.22. The SMILES string of the molecule is CC(C)(C)c1cc(CN)cc(C(C)(C)C)c1.[AlH3].[C-]#[N+]c1cc(C(C)(C)C)cc(C(C)(C)C)c1.[H-].[Li+]. The standard InChI is InChI=1S/C15H21N.C15H25N.Al.Li.4H/c1-14(2,3)11-8-12(15(4,5)6)10-13(9-11)16-7;1-14(2,3)12-7-11(10-16)8-13(9-12)15(4,5)6;;;;;;/h8-10H,1-6H3;7-9H,10,16H2,1-6H3;;;;;;/q;;;+1;;;;-1. The van der Waals surface area contributed by atoms with E-state index in [1.165, 1.54) is 27.8 Å². The third-order valence-corrected chi connectivity index (χ3v) is 5.74. The molecule has 0 amide bonds. The molecular weight excluding hydrogens is 422 g/mol. The Hall–Kier alpha value is -0.980. The molecule has 0 spiro atoms. The molecule has 0 saturated carbocycles. The number of nitrogens with zero attached hydrogens (tertiary/aromatic N) is 1. The molecule has 34 heavy (non-hydrogen) atoms. The number of hydrogen-bond acceptors (Lipinski definition) is 1. The van der Waals surface area contributed by atoms with Crippen LogP contribution in [0.4, 0.5) is 5.69 Å². The quantitative estimate of drug-likeness (QED) is 0.481. The zero-order valence-electron chi connectivity index (χ0n) is 24.7. The Morgan fingerprint density at radius 2 is 0.882 bits per heavy atom. The zero-order chi connectivity index (χ0) is 25.1. The molecule has 2 nitrogen and oxygen atoms in total. The molecule has 0 unspecified atom stereocenters. The van der Waals surface area contributed by atoms with Crippen molar-refractivity contribution in [1.29, 1.82) is 0 Å². The molecule has 2 N–H and O–H groups in total. The van der Waals surface area contributed by atoms with Gasteiger partial charge in [-0.3, -0.25) is 0 Å². The zero-order valence-corrected chi connectivity index (χ0v) is 23.7. The number of rotatable bonds is 1. The molecule has 0 atom stereocenters. The van der Waals surface area contributed by atoms with Crippen LogP contribution in [0.15, 0.2) is 36.4 Å². The van der Waals surface area contributed by atoms with Crippen LogP contribution in [-0.4, -0.2) is 17.4 Å². The summed E-state index contributed by atoms with van der Waals surface area (Å²) in [7, 11) is 0. The van der Waals surface area contributed by atoms with Crippen molar-refractivity contribution in [2.45, 2.75) is 111 Å². The van der Waals surface area contributed by atoms with Gasteiger partial charge in [-0.05, 0) is 38.4 Å². The Bertz CT molecular complexity index is 902. The molecule has 184 valence electrons. The van der Waals surface area contributed by atoms with Gasteiger partial charge in [0, 0.05) is 6.54 Å². The molecule has 0 radical (unpaired) electrons. The minimum Gasteiger partial charge on any atom is -1.00 e. The Morgan fingerprint density at radius 3 is 1.09 bits per heavy atom. The van der Waals surface area contributed by atoms with Gasteiger partial charge in [-0.1, -0.05) is 131 Å². The average molecular weight is 473 g/mol. The van der Waals surface area contributed by atoms with Crippen LogP contribution < -0.4 is 24.6 Å². The van der Waals surface area contributed by atoms with Crippen molar-refractivity contribution in [3.8, 4) is 0 Å². The molecule has 0 aromatic heterocycles. The molecule has 2 aromatic rings. The molecule has 0 aliphatic heterocycles. The van der Waals surface area contributed by atoms with Gasteiger partial charge in [-0.25, -0.2) is 4.85 Å². The predicted octanol–water partition coefficient (Wildman–Crippen LogP) is 4.51. The van der Waals surface area contributed by atoms with Crippen LogP contribution in [-0.2, 0) is 28.2 Å². The van der Waals surface area contributed by atoms with Crippen LogP contribution in [0.3, 0.4) is 0 Å². The molecule has 0 bridgehead atoms. The monoisotopic (exact) mass is 472 g/mol. The van der Waals surface area contributed by atoms with Crippen LogP contribution in [0.1, 0.15) is 112 Å². The molecule has 0 heterocycles. The maximum Gasteiger partial charge on any atom is 1.00 e. The van der Waals surface area contributed by atoms with Crippen LogP contribution in [0.5, 0.6) is 0 Å². The normalized spacial score (nSPS) is 11.9. The third-order valence-electron chi connectivity index (χ3n) is 5.74. The maximum atomic E-state index is 7.17. The predicted molar refractivity (Wildman–Crippen MR) is 153 cm³/mol. The van der Waals surface area contributed by atoms with E-state index in [1.807, 2.05) is 12.1 Å². The van der Waals surface area contributed by atoms with E-state index in [0.29, 0.717) is 6.54 Å². The summed E-state index contributed by atoms with van der Waals surface area (Å²) < 4.78 is 0. The van der Waals surface area contributed by atoms with Crippen molar-refractivity contribution in [3.05, 3.63) is 75.6 Å². The fraction of sp³-hybridized carbons (Fsp3) is 0.567. The van der Waals surface area contributed by atoms with Gasteiger partial charge in [0.15, 0.2) is 23.0 Å². The van der Waals surface area contributed by atoms with Gasteiger partial charge < -0.3 is 7.16 Å². The second-order valence-electron chi connectivity index (χ2n) is 13.0. The first-order valence-corrected chi connectivity index (χ1v) is 11.7. The van der Waals surface area contributed by atoms with Crippen LogP contribution >= 0.6 is 0 Å². The molecule has 4 heteroatoms. The molecule has 0 aliphatic rings. The van der Waals surface area contributed by atoms with Gasteiger partial charge in [0.2, 0.25) is 0 Å². The summed E-state index contributed by atoms with van der Waals surface area (Å²) in [6, 6.07) is 13.0. The second kappa shape index (κ2) is 12.8. The van der Waals surface area contributed by atoms with Gasteiger partial charge >= 0.3 is 18.9 Å². The van der Waals surface area contributed by atoms with E-state index < -0.39 is 0 Å². The molecule has 2 aromatic carbocycles. The van der Waals surface area contributed by atoms with Crippen molar-refractivity contribution in [3.63, 3.8) is 0 Å². The summed E-state index contributed by atoms with van der Waals surface area (Å²) in [5.74, 6) is 0. The third kappa shape index (κ3) is 10.7. The topological polar surface area (TPSA) is 30.4 Å². The molecule has 0 fully saturated rings. The van der Waals surface area contributed by atoms with E-state index in [9.17, 15) is 0 Å². The summed E-state index contributed by atoms with van der Waals surface area (Å²) >= 11 is 0. The molecule has 2 rings (SSSR count). The van der Waals surface area contributed by atoms with Gasteiger partial charge in [0.25, 0.3) is 0 Å². The van der Waals surface area contributed by atoms with E-state index in [2.05, 4.69) is 112 Å². The Kier molecular flexibility index (Phi) is 13.3. The van der Waals surface area contributed by atoms with Gasteiger partial charge in [0.1, 0.15) is 0 Å². The largest absolute Gasteiger partial charge is 1.00 e. The second-order valence-corrected chi connectivity index (χ2v) is 13.0. The Labute approximate surface area is 235 Å². The van der Waals surface area contributed by atoms with Gasteiger partial charge in [0.05, 0.1) is 6.57 Å². The Balaban J connectivity index is -0.000000539. The number of hydrogen-bond donors (Lipinski definition) is 1. The smallest absolute Gasteiger partial charge is 1.00 e. The maximum absolute atomic E-state index is 7.17. The van der Waals surface area contributed by atoms with Crippen molar-refractivity contribution < 1.29 is 20.3 Å². The van der Waals surface area contributed by atoms with E-state index >= 15 is 0 Å². The van der Waals surface area contributed by atoms with Crippen LogP contribution in [0.2, 0.25) is 0 Å². The summed E-state index contributed by atoms with van der Waals surface area (Å²) in [6.45, 7) is 34.4.